The Hall–Kier alpha value is -2.02. The van der Waals surface area contributed by atoms with Gasteiger partial charge in [-0.05, 0) is 81.0 Å². The number of nitrogens with zero attached hydrogens (tertiary/aromatic N) is 3. The molecule has 2 aromatic heterocycles. The second-order valence-corrected chi connectivity index (χ2v) is 11.7. The molecule has 2 saturated heterocycles. The Labute approximate surface area is 203 Å². The molecule has 4 heterocycles. The Bertz CT molecular complexity index is 1260. The van der Waals surface area contributed by atoms with Crippen molar-refractivity contribution in [3.8, 4) is 0 Å². The predicted molar refractivity (Wildman–Crippen MR) is 133 cm³/mol. The fourth-order valence-corrected chi connectivity index (χ4v) is 7.28. The van der Waals surface area contributed by atoms with Crippen LogP contribution in [0.1, 0.15) is 78.3 Å². The number of rotatable bonds is 4. The lowest BCUT2D eigenvalue weighted by Crippen LogP contribution is -2.54. The maximum atomic E-state index is 13.3. The molecule has 1 aromatic carbocycles. The number of nitrogens with one attached hydrogen (secondary N) is 1. The van der Waals surface area contributed by atoms with Gasteiger partial charge in [0.1, 0.15) is 10.7 Å². The lowest BCUT2D eigenvalue weighted by molar-refractivity contribution is 0.0648. The maximum absolute atomic E-state index is 13.3. The highest BCUT2D eigenvalue weighted by Crippen LogP contribution is 2.57. The molecule has 7 heteroatoms. The smallest absolute Gasteiger partial charge is 0.253 e. The minimum atomic E-state index is 0.0668. The van der Waals surface area contributed by atoms with Crippen molar-refractivity contribution in [2.75, 3.05) is 7.05 Å². The molecule has 3 fully saturated rings. The number of thiophene rings is 1. The van der Waals surface area contributed by atoms with Crippen LogP contribution in [-0.2, 0) is 0 Å². The van der Waals surface area contributed by atoms with Crippen molar-refractivity contribution in [3.05, 3.63) is 57.3 Å². The van der Waals surface area contributed by atoms with E-state index in [0.29, 0.717) is 28.5 Å². The van der Waals surface area contributed by atoms with Crippen molar-refractivity contribution >= 4 is 39.1 Å². The van der Waals surface area contributed by atoms with E-state index in [-0.39, 0.29) is 17.5 Å². The normalized spacial score (nSPS) is 30.5. The van der Waals surface area contributed by atoms with Gasteiger partial charge in [0.25, 0.3) is 5.91 Å². The highest BCUT2D eigenvalue weighted by molar-refractivity contribution is 7.16. The van der Waals surface area contributed by atoms with E-state index in [9.17, 15) is 4.79 Å². The Morgan fingerprint density at radius 2 is 2.09 bits per heavy atom. The van der Waals surface area contributed by atoms with Crippen molar-refractivity contribution in [3.63, 3.8) is 0 Å². The number of piperidine rings is 1. The molecule has 0 radical (unpaired) electrons. The average molecular weight is 481 g/mol. The number of fused-ring (bicyclic) bond motifs is 3. The summed E-state index contributed by atoms with van der Waals surface area (Å²) in [4.78, 5) is 25.6. The summed E-state index contributed by atoms with van der Waals surface area (Å²) in [6, 6.07) is 8.81. The molecule has 0 unspecified atom stereocenters. The number of benzene rings is 1. The van der Waals surface area contributed by atoms with Crippen molar-refractivity contribution < 1.29 is 4.79 Å². The van der Waals surface area contributed by atoms with Gasteiger partial charge in [0.15, 0.2) is 0 Å². The van der Waals surface area contributed by atoms with E-state index in [2.05, 4.69) is 34.7 Å². The van der Waals surface area contributed by atoms with E-state index in [1.165, 1.54) is 12.8 Å². The van der Waals surface area contributed by atoms with Gasteiger partial charge in [-0.1, -0.05) is 17.7 Å². The molecule has 5 nitrogen and oxygen atoms in total. The molecule has 172 valence electrons. The Morgan fingerprint density at radius 3 is 2.88 bits per heavy atom. The third-order valence-electron chi connectivity index (χ3n) is 7.96. The van der Waals surface area contributed by atoms with E-state index >= 15 is 0 Å². The van der Waals surface area contributed by atoms with Crippen LogP contribution in [0.2, 0.25) is 5.02 Å². The minimum absolute atomic E-state index is 0.0668. The molecule has 6 rings (SSSR count). The number of hydrogen-bond acceptors (Lipinski definition) is 5. The molecule has 2 aliphatic heterocycles. The Kier molecular flexibility index (Phi) is 5.05. The van der Waals surface area contributed by atoms with Crippen LogP contribution in [0.15, 0.2) is 29.6 Å². The molecule has 1 amide bonds. The van der Waals surface area contributed by atoms with Gasteiger partial charge in [-0.25, -0.2) is 9.97 Å². The average Bonchev–Trinajstić information content (AvgIpc) is 3.34. The first-order valence-electron chi connectivity index (χ1n) is 11.9. The van der Waals surface area contributed by atoms with Crippen LogP contribution in [0.3, 0.4) is 0 Å². The molecule has 0 spiro atoms. The summed E-state index contributed by atoms with van der Waals surface area (Å²) in [7, 11) is 1.95. The van der Waals surface area contributed by atoms with Crippen LogP contribution in [-0.4, -0.2) is 45.4 Å². The number of carbonyl (C=O) groups is 1. The number of aromatic nitrogens is 2. The molecule has 2 bridgehead atoms. The predicted octanol–water partition coefficient (Wildman–Crippen LogP) is 5.67. The van der Waals surface area contributed by atoms with Gasteiger partial charge in [-0.15, -0.1) is 11.3 Å². The quantitative estimate of drug-likeness (QED) is 0.522. The number of hydrogen-bond donors (Lipinski definition) is 1. The zero-order valence-electron chi connectivity index (χ0n) is 19.3. The van der Waals surface area contributed by atoms with E-state index < -0.39 is 0 Å². The molecule has 1 saturated carbocycles. The van der Waals surface area contributed by atoms with Gasteiger partial charge in [-0.2, -0.15) is 0 Å². The van der Waals surface area contributed by atoms with Gasteiger partial charge in [0.2, 0.25) is 0 Å². The monoisotopic (exact) mass is 480 g/mol. The van der Waals surface area contributed by atoms with Gasteiger partial charge in [0.05, 0.1) is 5.69 Å². The van der Waals surface area contributed by atoms with E-state index in [1.54, 1.807) is 11.3 Å². The zero-order valence-corrected chi connectivity index (χ0v) is 20.8. The molecule has 3 aromatic rings. The summed E-state index contributed by atoms with van der Waals surface area (Å²) in [5.41, 5.74) is 3.09. The summed E-state index contributed by atoms with van der Waals surface area (Å²) < 4.78 is 0. The van der Waals surface area contributed by atoms with Gasteiger partial charge >= 0.3 is 0 Å². The van der Waals surface area contributed by atoms with Crippen LogP contribution < -0.4 is 5.32 Å². The first-order valence-corrected chi connectivity index (χ1v) is 13.1. The number of halogens is 1. The third kappa shape index (κ3) is 3.76. The molecular weight excluding hydrogens is 452 g/mol. The van der Waals surface area contributed by atoms with Crippen LogP contribution in [0, 0.1) is 6.92 Å². The molecule has 33 heavy (non-hydrogen) atoms. The molecular formula is C26H29ClN4OS. The summed E-state index contributed by atoms with van der Waals surface area (Å²) in [6.07, 6.45) is 5.48. The highest BCUT2D eigenvalue weighted by Gasteiger charge is 2.45. The highest BCUT2D eigenvalue weighted by atomic mass is 35.5. The first-order chi connectivity index (χ1) is 15.8. The summed E-state index contributed by atoms with van der Waals surface area (Å²) >= 11 is 8.41. The lowest BCUT2D eigenvalue weighted by Gasteiger charge is -2.40. The number of aryl methyl sites for hydroxylation is 1. The molecule has 1 N–H and O–H groups in total. The lowest BCUT2D eigenvalue weighted by atomic mass is 9.88. The standard InChI is InChI=1S/C26H29ClN4OS/c1-14-28-23(19-7-9-33-24(19)29-14)21-12-20(21)18-5-4-15(10-22(18)27)25(32)31(3)17-11-16-6-8-26(2,13-17)30-16/h4-5,7,9-10,16-17,20-21,30H,6,8,11-13H2,1-3H3/t16-,17+,20+,21-,26+/m1/s1. The van der Waals surface area contributed by atoms with Crippen molar-refractivity contribution in [2.45, 2.75) is 75.4 Å². The number of amides is 1. The van der Waals surface area contributed by atoms with Crippen LogP contribution >= 0.6 is 22.9 Å². The van der Waals surface area contributed by atoms with E-state index in [4.69, 9.17) is 16.6 Å². The van der Waals surface area contributed by atoms with Crippen LogP contribution in [0.4, 0.5) is 0 Å². The van der Waals surface area contributed by atoms with E-state index in [1.807, 2.05) is 31.0 Å². The number of carbonyl (C=O) groups excluding carboxylic acids is 1. The Balaban J connectivity index is 1.20. The zero-order chi connectivity index (χ0) is 22.9. The first kappa shape index (κ1) is 21.5. The van der Waals surface area contributed by atoms with Gasteiger partial charge in [-0.3, -0.25) is 4.79 Å². The second-order valence-electron chi connectivity index (χ2n) is 10.4. The minimum Gasteiger partial charge on any atom is -0.339 e. The van der Waals surface area contributed by atoms with Crippen LogP contribution in [0.25, 0.3) is 10.2 Å². The van der Waals surface area contributed by atoms with Crippen molar-refractivity contribution in [1.82, 2.24) is 20.2 Å². The Morgan fingerprint density at radius 1 is 1.24 bits per heavy atom. The fraction of sp³-hybridized carbons (Fsp3) is 0.500. The topological polar surface area (TPSA) is 58.1 Å². The SMILES string of the molecule is Cc1nc([C@@H]2C[C@H]2c2ccc(C(=O)N(C)[C@H]3C[C@H]4CC[C@@](C)(C3)N4)cc2Cl)c2ccsc2n1. The molecule has 3 aliphatic rings. The van der Waals surface area contributed by atoms with Crippen LogP contribution in [0.5, 0.6) is 0 Å². The van der Waals surface area contributed by atoms with Gasteiger partial charge < -0.3 is 10.2 Å². The second kappa shape index (κ2) is 7.76. The largest absolute Gasteiger partial charge is 0.339 e. The molecule has 1 aliphatic carbocycles. The van der Waals surface area contributed by atoms with Gasteiger partial charge in [0, 0.05) is 46.6 Å². The fourth-order valence-electron chi connectivity index (χ4n) is 6.14. The summed E-state index contributed by atoms with van der Waals surface area (Å²) in [6.45, 7) is 4.25. The third-order valence-corrected chi connectivity index (χ3v) is 9.10. The molecule has 5 atom stereocenters. The summed E-state index contributed by atoms with van der Waals surface area (Å²) in [5.74, 6) is 1.59. The van der Waals surface area contributed by atoms with E-state index in [0.717, 1.165) is 46.6 Å². The van der Waals surface area contributed by atoms with Crippen molar-refractivity contribution in [2.24, 2.45) is 0 Å². The summed E-state index contributed by atoms with van der Waals surface area (Å²) in [5, 5.41) is 7.66. The van der Waals surface area contributed by atoms with Crippen molar-refractivity contribution in [1.29, 1.82) is 0 Å². The maximum Gasteiger partial charge on any atom is 0.253 e.